The summed E-state index contributed by atoms with van der Waals surface area (Å²) in [5.74, 6) is 2.17. The molecule has 0 bridgehead atoms. The highest BCUT2D eigenvalue weighted by Crippen LogP contribution is 2.41. The van der Waals surface area contributed by atoms with Gasteiger partial charge in [0, 0.05) is 96.2 Å². The predicted octanol–water partition coefficient (Wildman–Crippen LogP) is 5.71. The number of aliphatic hydroxyl groups is 2. The van der Waals surface area contributed by atoms with Gasteiger partial charge in [-0.1, -0.05) is 84.2 Å². The average molecular weight is 767 g/mol. The maximum Gasteiger partial charge on any atom is 0.137 e. The van der Waals surface area contributed by atoms with Crippen LogP contribution < -0.4 is 0 Å². The Morgan fingerprint density at radius 1 is 0.463 bits per heavy atom. The summed E-state index contributed by atoms with van der Waals surface area (Å²) in [5, 5.41) is 17.6. The Labute approximate surface area is 327 Å². The number of ether oxygens (including phenoxy) is 2. The molecule has 0 radical (unpaired) electrons. The lowest BCUT2D eigenvalue weighted by molar-refractivity contribution is 0.0652. The Morgan fingerprint density at radius 2 is 0.833 bits per heavy atom. The number of piperazine rings is 2. The minimum atomic E-state index is 0.0898. The molecule has 0 amide bonds. The van der Waals surface area contributed by atoms with Crippen molar-refractivity contribution in [1.29, 1.82) is 0 Å². The second kappa shape index (κ2) is 19.7. The highest BCUT2D eigenvalue weighted by Gasteiger charge is 2.26. The Hall–Kier alpha value is -3.72. The van der Waals surface area contributed by atoms with Gasteiger partial charge in [-0.05, 0) is 36.4 Å². The number of nitrogens with zero attached hydrogens (tertiary/aromatic N) is 6. The normalized spacial score (nSPS) is 17.1. The standard InChI is InChI=1S/2C21H25N3O2S/c2*25-14-16-26-15-13-23-9-11-24(12-10-23)21-17-5-1-3-7-19(17)27-20-8-4-2-6-18(20)22-21/h2*1-8,25H,9-16H2. The van der Waals surface area contributed by atoms with E-state index in [0.29, 0.717) is 26.4 Å². The summed E-state index contributed by atoms with van der Waals surface area (Å²) in [6.45, 7) is 12.0. The zero-order chi connectivity index (χ0) is 37.0. The van der Waals surface area contributed by atoms with Gasteiger partial charge in [-0.25, -0.2) is 9.98 Å². The van der Waals surface area contributed by atoms with E-state index in [4.69, 9.17) is 29.7 Å². The third-order valence-corrected chi connectivity index (χ3v) is 12.1. The molecule has 4 heterocycles. The van der Waals surface area contributed by atoms with Crippen molar-refractivity contribution in [2.24, 2.45) is 9.98 Å². The van der Waals surface area contributed by atoms with Crippen molar-refractivity contribution in [3.05, 3.63) is 108 Å². The van der Waals surface area contributed by atoms with Crippen LogP contribution in [0.3, 0.4) is 0 Å². The van der Waals surface area contributed by atoms with Crippen LogP contribution >= 0.6 is 23.5 Å². The predicted molar refractivity (Wildman–Crippen MR) is 218 cm³/mol. The molecule has 8 rings (SSSR count). The van der Waals surface area contributed by atoms with Crippen LogP contribution in [0, 0.1) is 0 Å². The number of aliphatic hydroxyl groups excluding tert-OH is 2. The smallest absolute Gasteiger partial charge is 0.137 e. The minimum absolute atomic E-state index is 0.0898. The van der Waals surface area contributed by atoms with Gasteiger partial charge in [0.15, 0.2) is 0 Å². The maximum atomic E-state index is 8.79. The average Bonchev–Trinajstić information content (AvgIpc) is 3.50. The molecule has 12 heteroatoms. The molecule has 4 aliphatic heterocycles. The van der Waals surface area contributed by atoms with E-state index in [9.17, 15) is 0 Å². The van der Waals surface area contributed by atoms with Gasteiger partial charge in [0.05, 0.1) is 51.0 Å². The monoisotopic (exact) mass is 766 g/mol. The topological polar surface area (TPSA) is 96.6 Å². The van der Waals surface area contributed by atoms with Gasteiger partial charge in [0.25, 0.3) is 0 Å². The SMILES string of the molecule is OCCOCCN1CCN(C2=Nc3ccccc3Sc3ccccc32)CC1.OCCOCCN1CCN(C2=Nc3ccccc3Sc3ccccc32)CC1. The molecule has 4 aromatic rings. The Morgan fingerprint density at radius 3 is 1.24 bits per heavy atom. The van der Waals surface area contributed by atoms with Crippen molar-refractivity contribution < 1.29 is 19.7 Å². The van der Waals surface area contributed by atoms with Gasteiger partial charge in [-0.15, -0.1) is 0 Å². The number of benzene rings is 4. The minimum Gasteiger partial charge on any atom is -0.394 e. The molecular formula is C42H50N6O4S2. The van der Waals surface area contributed by atoms with Crippen LogP contribution in [-0.2, 0) is 9.47 Å². The molecule has 0 saturated carbocycles. The fraction of sp³-hybridized carbons (Fsp3) is 0.381. The largest absolute Gasteiger partial charge is 0.394 e. The fourth-order valence-corrected chi connectivity index (χ4v) is 8.94. The van der Waals surface area contributed by atoms with Gasteiger partial charge in [-0.3, -0.25) is 9.80 Å². The number of hydrogen-bond donors (Lipinski definition) is 2. The second-order valence-corrected chi connectivity index (χ2v) is 15.5. The summed E-state index contributed by atoms with van der Waals surface area (Å²) in [6, 6.07) is 33.9. The van der Waals surface area contributed by atoms with Gasteiger partial charge < -0.3 is 29.5 Å². The maximum absolute atomic E-state index is 8.79. The van der Waals surface area contributed by atoms with Crippen molar-refractivity contribution in [3.63, 3.8) is 0 Å². The van der Waals surface area contributed by atoms with Crippen LogP contribution in [0.4, 0.5) is 11.4 Å². The van der Waals surface area contributed by atoms with Crippen molar-refractivity contribution >= 4 is 46.6 Å². The highest BCUT2D eigenvalue weighted by atomic mass is 32.2. The zero-order valence-electron chi connectivity index (χ0n) is 30.8. The number of rotatable bonds is 10. The Kier molecular flexibility index (Phi) is 14.1. The molecule has 2 saturated heterocycles. The lowest BCUT2D eigenvalue weighted by Gasteiger charge is -2.36. The van der Waals surface area contributed by atoms with E-state index < -0.39 is 0 Å². The molecule has 0 unspecified atom stereocenters. The molecule has 0 atom stereocenters. The van der Waals surface area contributed by atoms with E-state index in [1.54, 1.807) is 23.5 Å². The molecule has 0 spiro atoms. The van der Waals surface area contributed by atoms with Gasteiger partial charge in [0.2, 0.25) is 0 Å². The summed E-state index contributed by atoms with van der Waals surface area (Å²) >= 11 is 3.60. The number of aliphatic imine (C=N–C) groups is 2. The number of fused-ring (bicyclic) bond motifs is 4. The summed E-state index contributed by atoms with van der Waals surface area (Å²) in [5.41, 5.74) is 4.54. The zero-order valence-corrected chi connectivity index (χ0v) is 32.4. The number of hydrogen-bond acceptors (Lipinski definition) is 12. The molecule has 2 fully saturated rings. The lowest BCUT2D eigenvalue weighted by atomic mass is 10.1. The molecule has 2 N–H and O–H groups in total. The molecular weight excluding hydrogens is 717 g/mol. The fourth-order valence-electron chi connectivity index (χ4n) is 6.91. The molecule has 284 valence electrons. The quantitative estimate of drug-likeness (QED) is 0.196. The van der Waals surface area contributed by atoms with Crippen LogP contribution in [-0.4, -0.2) is 147 Å². The van der Waals surface area contributed by atoms with Crippen LogP contribution in [0.15, 0.2) is 127 Å². The van der Waals surface area contributed by atoms with E-state index in [1.165, 1.54) is 30.7 Å². The molecule has 10 nitrogen and oxygen atoms in total. The molecule has 54 heavy (non-hydrogen) atoms. The molecule has 4 aliphatic rings. The summed E-state index contributed by atoms with van der Waals surface area (Å²) in [6.07, 6.45) is 0. The van der Waals surface area contributed by atoms with Crippen molar-refractivity contribution in [1.82, 2.24) is 19.6 Å². The van der Waals surface area contributed by atoms with Crippen molar-refractivity contribution in [3.8, 4) is 0 Å². The first-order valence-electron chi connectivity index (χ1n) is 18.9. The van der Waals surface area contributed by atoms with E-state index in [2.05, 4.69) is 117 Å². The number of para-hydroxylation sites is 2. The first-order chi connectivity index (χ1) is 26.7. The van der Waals surface area contributed by atoms with E-state index in [0.717, 1.165) is 88.5 Å². The third kappa shape index (κ3) is 9.92. The summed E-state index contributed by atoms with van der Waals surface area (Å²) in [4.78, 5) is 24.7. The van der Waals surface area contributed by atoms with Gasteiger partial charge in [-0.2, -0.15) is 0 Å². The Balaban J connectivity index is 0.000000167. The second-order valence-electron chi connectivity index (χ2n) is 13.3. The summed E-state index contributed by atoms with van der Waals surface area (Å²) < 4.78 is 10.8. The first kappa shape index (κ1) is 38.6. The van der Waals surface area contributed by atoms with Crippen LogP contribution in [0.5, 0.6) is 0 Å². The van der Waals surface area contributed by atoms with E-state index in [1.807, 2.05) is 0 Å². The van der Waals surface area contributed by atoms with Crippen LogP contribution in [0.2, 0.25) is 0 Å². The third-order valence-electron chi connectivity index (χ3n) is 9.80. The molecule has 4 aromatic carbocycles. The van der Waals surface area contributed by atoms with E-state index in [-0.39, 0.29) is 13.2 Å². The first-order valence-corrected chi connectivity index (χ1v) is 20.5. The van der Waals surface area contributed by atoms with Crippen LogP contribution in [0.1, 0.15) is 11.1 Å². The number of amidine groups is 2. The highest BCUT2D eigenvalue weighted by molar-refractivity contribution is 7.99. The van der Waals surface area contributed by atoms with Crippen LogP contribution in [0.25, 0.3) is 0 Å². The molecule has 0 aliphatic carbocycles. The molecule has 0 aromatic heterocycles. The van der Waals surface area contributed by atoms with Gasteiger partial charge in [0.1, 0.15) is 11.7 Å². The van der Waals surface area contributed by atoms with Crippen molar-refractivity contribution in [2.75, 3.05) is 105 Å². The van der Waals surface area contributed by atoms with E-state index >= 15 is 0 Å². The summed E-state index contributed by atoms with van der Waals surface area (Å²) in [7, 11) is 0. The lowest BCUT2D eigenvalue weighted by Crippen LogP contribution is -2.49. The van der Waals surface area contributed by atoms with Crippen molar-refractivity contribution in [2.45, 2.75) is 19.6 Å². The van der Waals surface area contributed by atoms with Gasteiger partial charge >= 0.3 is 0 Å². The Bertz CT molecular complexity index is 1740.